The molecule has 20 heavy (non-hydrogen) atoms. The molecular weight excluding hydrogens is 256 g/mol. The molecule has 0 atom stereocenters. The van der Waals surface area contributed by atoms with E-state index >= 15 is 0 Å². The maximum absolute atomic E-state index is 11.7. The Balaban J connectivity index is 2.04. The van der Waals surface area contributed by atoms with Crippen molar-refractivity contribution in [2.75, 3.05) is 19.0 Å². The fourth-order valence-corrected chi connectivity index (χ4v) is 1.98. The standard InChI is InChI=1S/C14H20N4O2/c1-3-17-7-6-15-13(17)10-16-12-4-5-14(19)18(11-12)8-9-20-2/h4-7,11,16H,3,8-10H2,1-2H3. The molecule has 0 saturated heterocycles. The molecule has 0 fully saturated rings. The number of aryl methyl sites for hydroxylation is 1. The Bertz CT molecular complexity index is 603. The minimum Gasteiger partial charge on any atom is -0.383 e. The maximum atomic E-state index is 11.7. The minimum atomic E-state index is -0.0253. The predicted octanol–water partition coefficient (Wildman–Crippen LogP) is 1.32. The highest BCUT2D eigenvalue weighted by atomic mass is 16.5. The zero-order valence-corrected chi connectivity index (χ0v) is 11.9. The van der Waals surface area contributed by atoms with E-state index in [0.29, 0.717) is 19.7 Å². The number of hydrogen-bond donors (Lipinski definition) is 1. The Morgan fingerprint density at radius 3 is 2.95 bits per heavy atom. The van der Waals surface area contributed by atoms with E-state index in [4.69, 9.17) is 4.74 Å². The number of ether oxygens (including phenoxy) is 1. The van der Waals surface area contributed by atoms with Crippen LogP contribution in [0.3, 0.4) is 0 Å². The van der Waals surface area contributed by atoms with E-state index in [9.17, 15) is 4.79 Å². The van der Waals surface area contributed by atoms with Crippen LogP contribution >= 0.6 is 0 Å². The normalized spacial score (nSPS) is 10.7. The van der Waals surface area contributed by atoms with Gasteiger partial charge in [0.25, 0.3) is 5.56 Å². The first-order valence-electron chi connectivity index (χ1n) is 6.68. The Morgan fingerprint density at radius 2 is 2.20 bits per heavy atom. The highest BCUT2D eigenvalue weighted by Crippen LogP contribution is 2.06. The van der Waals surface area contributed by atoms with E-state index in [1.165, 1.54) is 0 Å². The summed E-state index contributed by atoms with van der Waals surface area (Å²) in [7, 11) is 1.62. The van der Waals surface area contributed by atoms with Crippen molar-refractivity contribution in [3.05, 3.63) is 46.9 Å². The molecule has 0 aliphatic carbocycles. The van der Waals surface area contributed by atoms with Crippen molar-refractivity contribution in [3.63, 3.8) is 0 Å². The van der Waals surface area contributed by atoms with E-state index in [2.05, 4.69) is 21.8 Å². The molecule has 2 aromatic rings. The molecule has 0 bridgehead atoms. The number of anilines is 1. The molecule has 6 heteroatoms. The lowest BCUT2D eigenvalue weighted by atomic mass is 10.4. The molecule has 0 spiro atoms. The van der Waals surface area contributed by atoms with Gasteiger partial charge in [0.1, 0.15) is 5.82 Å². The van der Waals surface area contributed by atoms with Gasteiger partial charge in [0.15, 0.2) is 0 Å². The van der Waals surface area contributed by atoms with Gasteiger partial charge in [-0.1, -0.05) is 0 Å². The van der Waals surface area contributed by atoms with Gasteiger partial charge in [-0.15, -0.1) is 0 Å². The second-order valence-corrected chi connectivity index (χ2v) is 4.43. The van der Waals surface area contributed by atoms with Crippen LogP contribution in [0.15, 0.2) is 35.5 Å². The van der Waals surface area contributed by atoms with Crippen LogP contribution in [0.5, 0.6) is 0 Å². The summed E-state index contributed by atoms with van der Waals surface area (Å²) < 4.78 is 8.71. The van der Waals surface area contributed by atoms with E-state index < -0.39 is 0 Å². The Labute approximate surface area is 118 Å². The number of aromatic nitrogens is 3. The van der Waals surface area contributed by atoms with Crippen LogP contribution in [0, 0.1) is 0 Å². The summed E-state index contributed by atoms with van der Waals surface area (Å²) in [4.78, 5) is 16.0. The first-order chi connectivity index (χ1) is 9.74. The van der Waals surface area contributed by atoms with Crippen molar-refractivity contribution in [2.45, 2.75) is 26.6 Å². The van der Waals surface area contributed by atoms with Gasteiger partial charge in [-0.05, 0) is 13.0 Å². The van der Waals surface area contributed by atoms with Crippen LogP contribution < -0.4 is 10.9 Å². The molecular formula is C14H20N4O2. The molecule has 1 N–H and O–H groups in total. The van der Waals surface area contributed by atoms with Crippen LogP contribution in [0.4, 0.5) is 5.69 Å². The zero-order valence-electron chi connectivity index (χ0n) is 11.9. The molecule has 2 rings (SSSR count). The van der Waals surface area contributed by atoms with Gasteiger partial charge in [0.05, 0.1) is 18.8 Å². The molecule has 108 valence electrons. The lowest BCUT2D eigenvalue weighted by molar-refractivity contribution is 0.186. The number of methoxy groups -OCH3 is 1. The van der Waals surface area contributed by atoms with Crippen molar-refractivity contribution in [1.29, 1.82) is 0 Å². The summed E-state index contributed by atoms with van der Waals surface area (Å²) in [5, 5.41) is 3.28. The van der Waals surface area contributed by atoms with E-state index in [1.807, 2.05) is 6.20 Å². The smallest absolute Gasteiger partial charge is 0.250 e. The van der Waals surface area contributed by atoms with Gasteiger partial charge in [0, 0.05) is 44.9 Å². The van der Waals surface area contributed by atoms with Crippen LogP contribution in [-0.2, 0) is 24.4 Å². The number of nitrogens with zero attached hydrogens (tertiary/aromatic N) is 3. The Morgan fingerprint density at radius 1 is 1.35 bits per heavy atom. The second-order valence-electron chi connectivity index (χ2n) is 4.43. The van der Waals surface area contributed by atoms with E-state index in [1.54, 1.807) is 36.2 Å². The van der Waals surface area contributed by atoms with Gasteiger partial charge >= 0.3 is 0 Å². The summed E-state index contributed by atoms with van der Waals surface area (Å²) in [6, 6.07) is 3.34. The van der Waals surface area contributed by atoms with Crippen molar-refractivity contribution >= 4 is 5.69 Å². The van der Waals surface area contributed by atoms with Gasteiger partial charge in [-0.2, -0.15) is 0 Å². The predicted molar refractivity (Wildman–Crippen MR) is 77.8 cm³/mol. The fourth-order valence-electron chi connectivity index (χ4n) is 1.98. The summed E-state index contributed by atoms with van der Waals surface area (Å²) >= 11 is 0. The highest BCUT2D eigenvalue weighted by molar-refractivity contribution is 5.40. The monoisotopic (exact) mass is 276 g/mol. The number of pyridine rings is 1. The van der Waals surface area contributed by atoms with E-state index in [0.717, 1.165) is 18.1 Å². The summed E-state index contributed by atoms with van der Waals surface area (Å²) in [5.74, 6) is 0.974. The van der Waals surface area contributed by atoms with Gasteiger partial charge in [-0.25, -0.2) is 4.98 Å². The quantitative estimate of drug-likeness (QED) is 0.828. The minimum absolute atomic E-state index is 0.0253. The molecule has 0 aliphatic heterocycles. The lowest BCUT2D eigenvalue weighted by Crippen LogP contribution is -2.21. The topological polar surface area (TPSA) is 61.1 Å². The first-order valence-corrected chi connectivity index (χ1v) is 6.68. The lowest BCUT2D eigenvalue weighted by Gasteiger charge is -2.10. The summed E-state index contributed by atoms with van der Waals surface area (Å²) in [6.45, 7) is 4.67. The molecule has 0 radical (unpaired) electrons. The molecule has 6 nitrogen and oxygen atoms in total. The number of nitrogens with one attached hydrogen (secondary N) is 1. The molecule has 0 aromatic carbocycles. The van der Waals surface area contributed by atoms with Crippen LogP contribution in [0.1, 0.15) is 12.7 Å². The Hall–Kier alpha value is -2.08. The van der Waals surface area contributed by atoms with Gasteiger partial charge in [0.2, 0.25) is 0 Å². The van der Waals surface area contributed by atoms with Crippen molar-refractivity contribution in [3.8, 4) is 0 Å². The largest absolute Gasteiger partial charge is 0.383 e. The number of hydrogen-bond acceptors (Lipinski definition) is 4. The molecule has 0 unspecified atom stereocenters. The van der Waals surface area contributed by atoms with Crippen molar-refractivity contribution in [1.82, 2.24) is 14.1 Å². The third-order valence-electron chi connectivity index (χ3n) is 3.11. The third-order valence-corrected chi connectivity index (χ3v) is 3.11. The highest BCUT2D eigenvalue weighted by Gasteiger charge is 2.02. The molecule has 0 saturated carbocycles. The molecule has 2 heterocycles. The average molecular weight is 276 g/mol. The second kappa shape index (κ2) is 6.91. The SMILES string of the molecule is CCn1ccnc1CNc1ccc(=O)n(CCOC)c1. The van der Waals surface area contributed by atoms with E-state index in [-0.39, 0.29) is 5.56 Å². The van der Waals surface area contributed by atoms with Crippen LogP contribution in [0.2, 0.25) is 0 Å². The van der Waals surface area contributed by atoms with Crippen LogP contribution in [0.25, 0.3) is 0 Å². The summed E-state index contributed by atoms with van der Waals surface area (Å²) in [6.07, 6.45) is 5.55. The van der Waals surface area contributed by atoms with Crippen LogP contribution in [-0.4, -0.2) is 27.8 Å². The number of rotatable bonds is 7. The molecule has 2 aromatic heterocycles. The van der Waals surface area contributed by atoms with Crippen molar-refractivity contribution < 1.29 is 4.74 Å². The number of imidazole rings is 1. The molecule has 0 amide bonds. The van der Waals surface area contributed by atoms with Gasteiger partial charge < -0.3 is 19.2 Å². The first kappa shape index (κ1) is 14.3. The fraction of sp³-hybridized carbons (Fsp3) is 0.429. The summed E-state index contributed by atoms with van der Waals surface area (Å²) in [5.41, 5.74) is 0.869. The third kappa shape index (κ3) is 3.48. The van der Waals surface area contributed by atoms with Gasteiger partial charge in [-0.3, -0.25) is 4.79 Å². The Kier molecular flexibility index (Phi) is 4.95. The zero-order chi connectivity index (χ0) is 14.4. The van der Waals surface area contributed by atoms with Crippen molar-refractivity contribution in [2.24, 2.45) is 0 Å². The maximum Gasteiger partial charge on any atom is 0.250 e. The molecule has 0 aliphatic rings. The average Bonchev–Trinajstić information content (AvgIpc) is 2.92.